The van der Waals surface area contributed by atoms with Crippen molar-refractivity contribution in [2.75, 3.05) is 32.7 Å². The van der Waals surface area contributed by atoms with Crippen molar-refractivity contribution in [3.63, 3.8) is 0 Å². The van der Waals surface area contributed by atoms with Crippen LogP contribution < -0.4 is 0 Å². The zero-order valence-corrected chi connectivity index (χ0v) is 14.1. The molecule has 0 radical (unpaired) electrons. The molecule has 0 spiro atoms. The number of amides is 1. The number of carbonyl (C=O) groups is 1. The van der Waals surface area contributed by atoms with Crippen molar-refractivity contribution in [3.05, 3.63) is 42.0 Å². The molecule has 0 bridgehead atoms. The number of alkyl halides is 1. The molecule has 1 aliphatic heterocycles. The Morgan fingerprint density at radius 2 is 1.90 bits per heavy atom. The van der Waals surface area contributed by atoms with E-state index >= 15 is 0 Å². The van der Waals surface area contributed by atoms with Gasteiger partial charge in [-0.2, -0.15) is 0 Å². The maximum absolute atomic E-state index is 12.1. The molecule has 1 aromatic carbocycles. The minimum atomic E-state index is -0.0259. The van der Waals surface area contributed by atoms with Crippen LogP contribution >= 0.6 is 15.9 Å². The van der Waals surface area contributed by atoms with E-state index in [1.54, 1.807) is 0 Å². The van der Waals surface area contributed by atoms with Crippen molar-refractivity contribution >= 4 is 27.9 Å². The lowest BCUT2D eigenvalue weighted by molar-refractivity contribution is -0.132. The molecule has 3 nitrogen and oxygen atoms in total. The van der Waals surface area contributed by atoms with Gasteiger partial charge in [-0.05, 0) is 12.0 Å². The molecule has 2 rings (SSSR count). The minimum Gasteiger partial charge on any atom is -0.339 e. The van der Waals surface area contributed by atoms with Gasteiger partial charge in [-0.25, -0.2) is 0 Å². The normalized spacial score (nSPS) is 18.1. The fourth-order valence-electron chi connectivity index (χ4n) is 2.43. The molecular formula is C17H23BrN2O. The number of benzene rings is 1. The van der Waals surface area contributed by atoms with Crippen LogP contribution in [0.2, 0.25) is 0 Å². The van der Waals surface area contributed by atoms with E-state index in [1.165, 1.54) is 5.56 Å². The summed E-state index contributed by atoms with van der Waals surface area (Å²) in [5.41, 5.74) is 1.23. The summed E-state index contributed by atoms with van der Waals surface area (Å²) in [4.78, 5) is 16.4. The van der Waals surface area contributed by atoms with Crippen LogP contribution in [-0.2, 0) is 4.79 Å². The Hall–Kier alpha value is -1.13. The number of carbonyl (C=O) groups excluding carboxylic acids is 1. The largest absolute Gasteiger partial charge is 0.339 e. The third-order valence-corrected chi connectivity index (χ3v) is 4.82. The molecule has 1 atom stereocenters. The van der Waals surface area contributed by atoms with Crippen molar-refractivity contribution in [3.8, 4) is 0 Å². The second-order valence-electron chi connectivity index (χ2n) is 5.31. The molecule has 4 heteroatoms. The highest BCUT2D eigenvalue weighted by molar-refractivity contribution is 9.10. The second-order valence-corrected chi connectivity index (χ2v) is 6.42. The lowest BCUT2D eigenvalue weighted by Crippen LogP contribution is -2.50. The molecular weight excluding hydrogens is 328 g/mol. The Morgan fingerprint density at radius 1 is 1.24 bits per heavy atom. The summed E-state index contributed by atoms with van der Waals surface area (Å²) >= 11 is 3.44. The van der Waals surface area contributed by atoms with Crippen LogP contribution in [0.5, 0.6) is 0 Å². The average Bonchev–Trinajstić information content (AvgIpc) is 2.55. The van der Waals surface area contributed by atoms with Crippen LogP contribution in [0.1, 0.15) is 18.9 Å². The molecule has 21 heavy (non-hydrogen) atoms. The summed E-state index contributed by atoms with van der Waals surface area (Å²) in [5, 5.41) is 0. The lowest BCUT2D eigenvalue weighted by atomic mass is 10.2. The molecule has 0 aliphatic carbocycles. The van der Waals surface area contributed by atoms with Crippen LogP contribution in [0.25, 0.3) is 6.08 Å². The Labute approximate surface area is 135 Å². The van der Waals surface area contributed by atoms with Crippen molar-refractivity contribution in [1.29, 1.82) is 0 Å². The highest BCUT2D eigenvalue weighted by Gasteiger charge is 2.24. The Kier molecular flexibility index (Phi) is 6.46. The smallest absolute Gasteiger partial charge is 0.236 e. The van der Waals surface area contributed by atoms with E-state index in [0.29, 0.717) is 0 Å². The van der Waals surface area contributed by atoms with Crippen LogP contribution in [-0.4, -0.2) is 53.3 Å². The van der Waals surface area contributed by atoms with Gasteiger partial charge in [-0.1, -0.05) is 65.3 Å². The SMILES string of the molecule is CCC(Br)C(=O)N1CCN(CC=Cc2ccccc2)CC1. The monoisotopic (exact) mass is 350 g/mol. The molecule has 0 N–H and O–H groups in total. The quantitative estimate of drug-likeness (QED) is 0.762. The molecule has 1 fully saturated rings. The van der Waals surface area contributed by atoms with E-state index < -0.39 is 0 Å². The van der Waals surface area contributed by atoms with Gasteiger partial charge in [0, 0.05) is 32.7 Å². The lowest BCUT2D eigenvalue weighted by Gasteiger charge is -2.35. The number of rotatable bonds is 5. The highest BCUT2D eigenvalue weighted by atomic mass is 79.9. The van der Waals surface area contributed by atoms with E-state index in [9.17, 15) is 4.79 Å². The summed E-state index contributed by atoms with van der Waals surface area (Å²) in [5.74, 6) is 0.233. The summed E-state index contributed by atoms with van der Waals surface area (Å²) < 4.78 is 0. The van der Waals surface area contributed by atoms with E-state index in [4.69, 9.17) is 0 Å². The van der Waals surface area contributed by atoms with Gasteiger partial charge in [0.15, 0.2) is 0 Å². The first-order chi connectivity index (χ1) is 10.2. The number of hydrogen-bond acceptors (Lipinski definition) is 2. The number of halogens is 1. The Morgan fingerprint density at radius 3 is 2.52 bits per heavy atom. The Balaban J connectivity index is 1.74. The fourth-order valence-corrected chi connectivity index (χ4v) is 2.72. The standard InChI is InChI=1S/C17H23BrN2O/c1-2-16(18)17(21)20-13-11-19(12-14-20)10-6-9-15-7-4-3-5-8-15/h3-9,16H,2,10-14H2,1H3. The fraction of sp³-hybridized carbons (Fsp3) is 0.471. The summed E-state index contributed by atoms with van der Waals surface area (Å²) in [6.45, 7) is 6.55. The Bertz CT molecular complexity index is 467. The zero-order chi connectivity index (χ0) is 15.1. The first kappa shape index (κ1) is 16.2. The predicted octanol–water partition coefficient (Wildman–Crippen LogP) is 3.02. The van der Waals surface area contributed by atoms with E-state index in [1.807, 2.05) is 17.9 Å². The summed E-state index contributed by atoms with van der Waals surface area (Å²) in [6, 6.07) is 10.3. The van der Waals surface area contributed by atoms with Crippen LogP contribution in [0.3, 0.4) is 0 Å². The molecule has 1 amide bonds. The van der Waals surface area contributed by atoms with Gasteiger partial charge in [0.25, 0.3) is 0 Å². The van der Waals surface area contributed by atoms with Gasteiger partial charge in [0.2, 0.25) is 5.91 Å². The van der Waals surface area contributed by atoms with Crippen LogP contribution in [0.15, 0.2) is 36.4 Å². The molecule has 114 valence electrons. The maximum atomic E-state index is 12.1. The van der Waals surface area contributed by atoms with E-state index in [-0.39, 0.29) is 10.7 Å². The van der Waals surface area contributed by atoms with Crippen molar-refractivity contribution in [2.45, 2.75) is 18.2 Å². The highest BCUT2D eigenvalue weighted by Crippen LogP contribution is 2.12. The van der Waals surface area contributed by atoms with Crippen LogP contribution in [0, 0.1) is 0 Å². The van der Waals surface area contributed by atoms with Crippen molar-refractivity contribution in [2.24, 2.45) is 0 Å². The molecule has 0 saturated carbocycles. The molecule has 1 unspecified atom stereocenters. The first-order valence-corrected chi connectivity index (χ1v) is 8.49. The molecule has 1 saturated heterocycles. The molecule has 0 aromatic heterocycles. The predicted molar refractivity (Wildman–Crippen MR) is 91.5 cm³/mol. The molecule has 1 heterocycles. The summed E-state index contributed by atoms with van der Waals surface area (Å²) in [6.07, 6.45) is 5.20. The summed E-state index contributed by atoms with van der Waals surface area (Å²) in [7, 11) is 0. The van der Waals surface area contributed by atoms with Gasteiger partial charge in [-0.15, -0.1) is 0 Å². The van der Waals surface area contributed by atoms with E-state index in [2.05, 4.69) is 57.2 Å². The van der Waals surface area contributed by atoms with Gasteiger partial charge < -0.3 is 4.90 Å². The third-order valence-electron chi connectivity index (χ3n) is 3.78. The van der Waals surface area contributed by atoms with Crippen molar-refractivity contribution in [1.82, 2.24) is 9.80 Å². The van der Waals surface area contributed by atoms with Gasteiger partial charge in [0.1, 0.15) is 0 Å². The average molecular weight is 351 g/mol. The topological polar surface area (TPSA) is 23.6 Å². The number of hydrogen-bond donors (Lipinski definition) is 0. The zero-order valence-electron chi connectivity index (χ0n) is 12.5. The first-order valence-electron chi connectivity index (χ1n) is 7.57. The number of nitrogens with zero attached hydrogens (tertiary/aromatic N) is 2. The van der Waals surface area contributed by atoms with Gasteiger partial charge in [-0.3, -0.25) is 9.69 Å². The molecule has 1 aromatic rings. The minimum absolute atomic E-state index is 0.0259. The van der Waals surface area contributed by atoms with E-state index in [0.717, 1.165) is 39.1 Å². The third kappa shape index (κ3) is 4.97. The maximum Gasteiger partial charge on any atom is 0.236 e. The number of piperazine rings is 1. The molecule has 1 aliphatic rings. The van der Waals surface area contributed by atoms with Gasteiger partial charge >= 0.3 is 0 Å². The van der Waals surface area contributed by atoms with Gasteiger partial charge in [0.05, 0.1) is 4.83 Å². The van der Waals surface area contributed by atoms with Crippen LogP contribution in [0.4, 0.5) is 0 Å². The second kappa shape index (κ2) is 8.35. The van der Waals surface area contributed by atoms with Crippen molar-refractivity contribution < 1.29 is 4.79 Å².